The number of carbonyl (C=O) groups is 3. The fourth-order valence-corrected chi connectivity index (χ4v) is 5.43. The second kappa shape index (κ2) is 9.45. The predicted molar refractivity (Wildman–Crippen MR) is 137 cm³/mol. The van der Waals surface area contributed by atoms with Crippen LogP contribution in [0.5, 0.6) is 0 Å². The molecule has 2 aliphatic rings. The lowest BCUT2D eigenvalue weighted by atomic mass is 9.87. The van der Waals surface area contributed by atoms with E-state index in [1.807, 2.05) is 19.9 Å². The highest BCUT2D eigenvalue weighted by Gasteiger charge is 2.37. The number of piperidine rings is 1. The van der Waals surface area contributed by atoms with Crippen molar-refractivity contribution in [3.8, 4) is 5.69 Å². The molecule has 0 radical (unpaired) electrons. The van der Waals surface area contributed by atoms with E-state index in [4.69, 9.17) is 0 Å². The number of aryl methyl sites for hydroxylation is 1. The van der Waals surface area contributed by atoms with Gasteiger partial charge in [0.15, 0.2) is 0 Å². The molecule has 180 valence electrons. The molecule has 0 aliphatic carbocycles. The lowest BCUT2D eigenvalue weighted by Crippen LogP contribution is -2.44. The summed E-state index contributed by atoms with van der Waals surface area (Å²) in [5.41, 5.74) is 5.35. The molecule has 3 heterocycles. The molecule has 4 rings (SSSR count). The van der Waals surface area contributed by atoms with Gasteiger partial charge in [-0.1, -0.05) is 32.9 Å². The molecule has 6 nitrogen and oxygen atoms in total. The van der Waals surface area contributed by atoms with Crippen molar-refractivity contribution in [2.75, 3.05) is 19.6 Å². The van der Waals surface area contributed by atoms with E-state index in [-0.39, 0.29) is 29.0 Å². The van der Waals surface area contributed by atoms with Crippen LogP contribution >= 0.6 is 11.8 Å². The van der Waals surface area contributed by atoms with Crippen molar-refractivity contribution in [2.45, 2.75) is 59.3 Å². The average Bonchev–Trinajstić information content (AvgIpc) is 3.23. The van der Waals surface area contributed by atoms with E-state index < -0.39 is 0 Å². The second-order valence-corrected chi connectivity index (χ2v) is 11.2. The van der Waals surface area contributed by atoms with E-state index in [1.54, 1.807) is 11.0 Å². The summed E-state index contributed by atoms with van der Waals surface area (Å²) >= 11 is 0.908. The summed E-state index contributed by atoms with van der Waals surface area (Å²) in [6, 6.07) is 10.6. The summed E-state index contributed by atoms with van der Waals surface area (Å²) in [5.74, 6) is -0.542. The number of aromatic nitrogens is 1. The summed E-state index contributed by atoms with van der Waals surface area (Å²) in [6.07, 6.45) is 4.84. The van der Waals surface area contributed by atoms with E-state index in [9.17, 15) is 14.4 Å². The van der Waals surface area contributed by atoms with Gasteiger partial charge in [-0.3, -0.25) is 19.3 Å². The van der Waals surface area contributed by atoms with Gasteiger partial charge in [0.25, 0.3) is 11.1 Å². The number of rotatable bonds is 4. The Hall–Kier alpha value is -2.80. The zero-order valence-corrected chi connectivity index (χ0v) is 21.5. The Kier molecular flexibility index (Phi) is 6.76. The number of hydrogen-bond acceptors (Lipinski definition) is 4. The zero-order chi connectivity index (χ0) is 24.6. The highest BCUT2D eigenvalue weighted by atomic mass is 32.2. The van der Waals surface area contributed by atoms with E-state index in [2.05, 4.69) is 49.6 Å². The minimum Gasteiger partial charge on any atom is -0.341 e. The first-order chi connectivity index (χ1) is 16.1. The van der Waals surface area contributed by atoms with Crippen LogP contribution in [0.2, 0.25) is 0 Å². The van der Waals surface area contributed by atoms with Gasteiger partial charge in [-0.05, 0) is 85.7 Å². The summed E-state index contributed by atoms with van der Waals surface area (Å²) in [4.78, 5) is 41.3. The molecule has 7 heteroatoms. The Labute approximate surface area is 206 Å². The first-order valence-corrected chi connectivity index (χ1v) is 12.7. The van der Waals surface area contributed by atoms with E-state index in [0.717, 1.165) is 58.6 Å². The van der Waals surface area contributed by atoms with Gasteiger partial charge in [-0.15, -0.1) is 0 Å². The molecule has 2 saturated heterocycles. The largest absolute Gasteiger partial charge is 0.341 e. The van der Waals surface area contributed by atoms with Crippen LogP contribution in [0.3, 0.4) is 0 Å². The standard InChI is InChI=1S/C27H33N3O3S/c1-18-15-20(19(2)30(18)22-11-9-21(10-12-22)27(3,4)5)16-23-25(32)29(26(33)34-23)17-24(31)28-13-7-6-8-14-28/h9-12,15-16H,6-8,13-14,17H2,1-5H3. The van der Waals surface area contributed by atoms with Crippen molar-refractivity contribution in [1.82, 2.24) is 14.4 Å². The summed E-state index contributed by atoms with van der Waals surface area (Å²) in [7, 11) is 0. The molecule has 3 amide bonds. The van der Waals surface area contributed by atoms with Crippen LogP contribution in [0.25, 0.3) is 11.8 Å². The number of thioether (sulfide) groups is 1. The molecule has 34 heavy (non-hydrogen) atoms. The smallest absolute Gasteiger partial charge is 0.294 e. The van der Waals surface area contributed by atoms with E-state index in [1.165, 1.54) is 5.56 Å². The molecule has 1 aromatic heterocycles. The van der Waals surface area contributed by atoms with Crippen LogP contribution in [0.1, 0.15) is 62.5 Å². The van der Waals surface area contributed by atoms with Crippen LogP contribution in [0, 0.1) is 13.8 Å². The number of hydrogen-bond donors (Lipinski definition) is 0. The van der Waals surface area contributed by atoms with Crippen LogP contribution in [0.15, 0.2) is 35.2 Å². The summed E-state index contributed by atoms with van der Waals surface area (Å²) in [5, 5.41) is -0.381. The van der Waals surface area contributed by atoms with Crippen LogP contribution in [0.4, 0.5) is 4.79 Å². The average molecular weight is 480 g/mol. The van der Waals surface area contributed by atoms with Gasteiger partial charge < -0.3 is 9.47 Å². The monoisotopic (exact) mass is 479 g/mol. The SMILES string of the molecule is Cc1cc(C=C2SC(=O)N(CC(=O)N3CCCCC3)C2=O)c(C)n1-c1ccc(C(C)(C)C)cc1. The summed E-state index contributed by atoms with van der Waals surface area (Å²) < 4.78 is 2.16. The van der Waals surface area contributed by atoms with Crippen molar-refractivity contribution in [2.24, 2.45) is 0 Å². The third kappa shape index (κ3) is 4.85. The molecule has 2 aromatic rings. The Morgan fingerprint density at radius 2 is 1.68 bits per heavy atom. The fourth-order valence-electron chi connectivity index (χ4n) is 4.60. The molecule has 0 bridgehead atoms. The van der Waals surface area contributed by atoms with Gasteiger partial charge >= 0.3 is 0 Å². The van der Waals surface area contributed by atoms with Crippen molar-refractivity contribution >= 4 is 34.9 Å². The number of likely N-dealkylation sites (tertiary alicyclic amines) is 1. The lowest BCUT2D eigenvalue weighted by molar-refractivity contribution is -0.136. The molecule has 0 spiro atoms. The molecular formula is C27H33N3O3S. The maximum absolute atomic E-state index is 13.0. The normalized spacial score (nSPS) is 18.3. The third-order valence-corrected chi connectivity index (χ3v) is 7.53. The molecule has 1 aromatic carbocycles. The number of nitrogens with zero attached hydrogens (tertiary/aromatic N) is 3. The number of amides is 3. The first-order valence-electron chi connectivity index (χ1n) is 11.9. The maximum Gasteiger partial charge on any atom is 0.294 e. The molecule has 0 saturated carbocycles. The van der Waals surface area contributed by atoms with Crippen molar-refractivity contribution < 1.29 is 14.4 Å². The van der Waals surface area contributed by atoms with Gasteiger partial charge in [0.2, 0.25) is 5.91 Å². The van der Waals surface area contributed by atoms with Crippen LogP contribution in [-0.4, -0.2) is 51.1 Å². The Balaban J connectivity index is 1.55. The molecule has 0 atom stereocenters. The van der Waals surface area contributed by atoms with Gasteiger partial charge in [0.1, 0.15) is 6.54 Å². The molecule has 0 unspecified atom stereocenters. The molecular weight excluding hydrogens is 446 g/mol. The summed E-state index contributed by atoms with van der Waals surface area (Å²) in [6.45, 7) is 11.9. The van der Waals surface area contributed by atoms with Crippen LogP contribution < -0.4 is 0 Å². The van der Waals surface area contributed by atoms with Gasteiger partial charge in [-0.25, -0.2) is 0 Å². The van der Waals surface area contributed by atoms with Gasteiger partial charge in [0.05, 0.1) is 4.91 Å². The minimum atomic E-state index is -0.389. The Morgan fingerprint density at radius 3 is 2.29 bits per heavy atom. The quantitative estimate of drug-likeness (QED) is 0.548. The second-order valence-electron chi connectivity index (χ2n) is 10.2. The Bertz CT molecular complexity index is 1150. The predicted octanol–water partition coefficient (Wildman–Crippen LogP) is 5.44. The van der Waals surface area contributed by atoms with E-state index >= 15 is 0 Å². The van der Waals surface area contributed by atoms with Crippen molar-refractivity contribution in [1.29, 1.82) is 0 Å². The minimum absolute atomic E-state index is 0.0860. The van der Waals surface area contributed by atoms with Crippen molar-refractivity contribution in [3.05, 3.63) is 57.8 Å². The van der Waals surface area contributed by atoms with E-state index in [0.29, 0.717) is 18.0 Å². The number of imide groups is 1. The number of benzene rings is 1. The third-order valence-electron chi connectivity index (χ3n) is 6.62. The fraction of sp³-hybridized carbons (Fsp3) is 0.444. The van der Waals surface area contributed by atoms with Gasteiger partial charge in [0, 0.05) is 30.2 Å². The first kappa shape index (κ1) is 24.3. The highest BCUT2D eigenvalue weighted by Crippen LogP contribution is 2.34. The topological polar surface area (TPSA) is 62.6 Å². The molecule has 0 N–H and O–H groups in total. The van der Waals surface area contributed by atoms with Gasteiger partial charge in [-0.2, -0.15) is 0 Å². The zero-order valence-electron chi connectivity index (χ0n) is 20.7. The lowest BCUT2D eigenvalue weighted by Gasteiger charge is -2.27. The Morgan fingerprint density at radius 1 is 1.03 bits per heavy atom. The molecule has 2 fully saturated rings. The van der Waals surface area contributed by atoms with Crippen molar-refractivity contribution in [3.63, 3.8) is 0 Å². The highest BCUT2D eigenvalue weighted by molar-refractivity contribution is 8.18. The maximum atomic E-state index is 13.0. The molecule has 2 aliphatic heterocycles. The number of carbonyl (C=O) groups excluding carboxylic acids is 3. The van der Waals surface area contributed by atoms with Crippen LogP contribution in [-0.2, 0) is 15.0 Å².